The van der Waals surface area contributed by atoms with Crippen molar-refractivity contribution >= 4 is 34.8 Å². The number of anilines is 1. The Balaban J connectivity index is 2.06. The molecule has 0 aliphatic rings. The zero-order valence-electron chi connectivity index (χ0n) is 9.15. The van der Waals surface area contributed by atoms with Crippen LogP contribution in [0.5, 0.6) is 0 Å². The van der Waals surface area contributed by atoms with E-state index in [4.69, 9.17) is 23.2 Å². The van der Waals surface area contributed by atoms with Gasteiger partial charge in [0, 0.05) is 0 Å². The number of carbonyl (C=O) groups excluding carboxylic acids is 1. The SMILES string of the molecule is O=C(NNc1ccccc1)c1nc(Cl)ccc1Cl. The van der Waals surface area contributed by atoms with Crippen molar-refractivity contribution in [3.8, 4) is 0 Å². The first-order valence-corrected chi connectivity index (χ1v) is 5.86. The zero-order chi connectivity index (χ0) is 13.0. The number of nitrogens with zero attached hydrogens (tertiary/aromatic N) is 1. The molecule has 1 aromatic heterocycles. The number of rotatable bonds is 3. The summed E-state index contributed by atoms with van der Waals surface area (Å²) in [5.74, 6) is -0.452. The smallest absolute Gasteiger partial charge is 0.289 e. The van der Waals surface area contributed by atoms with Crippen LogP contribution in [-0.2, 0) is 0 Å². The third-order valence-electron chi connectivity index (χ3n) is 2.12. The van der Waals surface area contributed by atoms with Gasteiger partial charge in [-0.15, -0.1) is 0 Å². The molecule has 92 valence electrons. The predicted octanol–water partition coefficient (Wildman–Crippen LogP) is 3.15. The molecule has 0 saturated carbocycles. The number of benzene rings is 1. The topological polar surface area (TPSA) is 54.0 Å². The molecule has 6 heteroatoms. The van der Waals surface area contributed by atoms with E-state index in [9.17, 15) is 4.79 Å². The molecule has 0 atom stereocenters. The molecule has 0 fully saturated rings. The lowest BCUT2D eigenvalue weighted by atomic mass is 10.3. The summed E-state index contributed by atoms with van der Waals surface area (Å²) in [5.41, 5.74) is 6.07. The largest absolute Gasteiger partial charge is 0.298 e. The number of pyridine rings is 1. The maximum atomic E-state index is 11.8. The number of hydrogen-bond donors (Lipinski definition) is 2. The molecule has 0 radical (unpaired) electrons. The van der Waals surface area contributed by atoms with Crippen molar-refractivity contribution in [1.82, 2.24) is 10.4 Å². The van der Waals surface area contributed by atoms with Gasteiger partial charge < -0.3 is 0 Å². The third kappa shape index (κ3) is 3.12. The molecule has 18 heavy (non-hydrogen) atoms. The van der Waals surface area contributed by atoms with Crippen molar-refractivity contribution in [2.45, 2.75) is 0 Å². The average molecular weight is 282 g/mol. The summed E-state index contributed by atoms with van der Waals surface area (Å²) >= 11 is 11.6. The van der Waals surface area contributed by atoms with Crippen LogP contribution in [0.2, 0.25) is 10.2 Å². The van der Waals surface area contributed by atoms with Crippen LogP contribution < -0.4 is 10.9 Å². The Morgan fingerprint density at radius 3 is 2.50 bits per heavy atom. The molecule has 2 rings (SSSR count). The number of nitrogens with one attached hydrogen (secondary N) is 2. The first-order valence-electron chi connectivity index (χ1n) is 5.10. The molecule has 2 aromatic rings. The number of carbonyl (C=O) groups is 1. The summed E-state index contributed by atoms with van der Waals surface area (Å²) in [5, 5.41) is 0.455. The van der Waals surface area contributed by atoms with E-state index < -0.39 is 5.91 Å². The number of amides is 1. The van der Waals surface area contributed by atoms with Gasteiger partial charge in [0.05, 0.1) is 10.7 Å². The second-order valence-electron chi connectivity index (χ2n) is 3.41. The van der Waals surface area contributed by atoms with Crippen molar-refractivity contribution in [2.24, 2.45) is 0 Å². The number of halogens is 2. The van der Waals surface area contributed by atoms with Crippen LogP contribution in [0, 0.1) is 0 Å². The van der Waals surface area contributed by atoms with E-state index in [1.807, 2.05) is 30.3 Å². The first kappa shape index (κ1) is 12.7. The molecule has 0 aliphatic carbocycles. The van der Waals surface area contributed by atoms with Crippen LogP contribution in [0.15, 0.2) is 42.5 Å². The second-order valence-corrected chi connectivity index (χ2v) is 4.20. The molecule has 2 N–H and O–H groups in total. The zero-order valence-corrected chi connectivity index (χ0v) is 10.7. The van der Waals surface area contributed by atoms with E-state index in [1.165, 1.54) is 12.1 Å². The van der Waals surface area contributed by atoms with Crippen LogP contribution >= 0.6 is 23.2 Å². The lowest BCUT2D eigenvalue weighted by molar-refractivity contribution is 0.0958. The van der Waals surface area contributed by atoms with Crippen LogP contribution in [-0.4, -0.2) is 10.9 Å². The minimum Gasteiger partial charge on any atom is -0.298 e. The average Bonchev–Trinajstić information content (AvgIpc) is 2.40. The van der Waals surface area contributed by atoms with Gasteiger partial charge in [0.15, 0.2) is 0 Å². The van der Waals surface area contributed by atoms with E-state index in [2.05, 4.69) is 15.8 Å². The van der Waals surface area contributed by atoms with Gasteiger partial charge in [-0.05, 0) is 24.3 Å². The molecule has 4 nitrogen and oxygen atoms in total. The summed E-state index contributed by atoms with van der Waals surface area (Å²) in [4.78, 5) is 15.7. The number of para-hydroxylation sites is 1. The Morgan fingerprint density at radius 1 is 1.06 bits per heavy atom. The molecular weight excluding hydrogens is 273 g/mol. The van der Waals surface area contributed by atoms with Crippen LogP contribution in [0.25, 0.3) is 0 Å². The van der Waals surface area contributed by atoms with Crippen molar-refractivity contribution in [2.75, 3.05) is 5.43 Å². The van der Waals surface area contributed by atoms with E-state index in [1.54, 1.807) is 0 Å². The number of hydrogen-bond acceptors (Lipinski definition) is 3. The van der Waals surface area contributed by atoms with Crippen molar-refractivity contribution < 1.29 is 4.79 Å². The van der Waals surface area contributed by atoms with Gasteiger partial charge in [-0.1, -0.05) is 41.4 Å². The molecule has 1 amide bonds. The van der Waals surface area contributed by atoms with E-state index in [-0.39, 0.29) is 15.9 Å². The van der Waals surface area contributed by atoms with E-state index in [0.29, 0.717) is 0 Å². The van der Waals surface area contributed by atoms with E-state index in [0.717, 1.165) is 5.69 Å². The highest BCUT2D eigenvalue weighted by atomic mass is 35.5. The molecule has 1 aromatic carbocycles. The quantitative estimate of drug-likeness (QED) is 0.671. The highest BCUT2D eigenvalue weighted by Gasteiger charge is 2.12. The Bertz CT molecular complexity index is 561. The van der Waals surface area contributed by atoms with Crippen molar-refractivity contribution in [3.05, 3.63) is 58.3 Å². The van der Waals surface area contributed by atoms with Gasteiger partial charge in [-0.3, -0.25) is 15.6 Å². The highest BCUT2D eigenvalue weighted by molar-refractivity contribution is 6.34. The lowest BCUT2D eigenvalue weighted by Gasteiger charge is -2.08. The summed E-state index contributed by atoms with van der Waals surface area (Å²) in [6.07, 6.45) is 0. The molecule has 1 heterocycles. The van der Waals surface area contributed by atoms with Crippen LogP contribution in [0.1, 0.15) is 10.5 Å². The summed E-state index contributed by atoms with van der Waals surface area (Å²) < 4.78 is 0. The number of hydrazine groups is 1. The summed E-state index contributed by atoms with van der Waals surface area (Å²) in [6, 6.07) is 12.2. The van der Waals surface area contributed by atoms with Crippen LogP contribution in [0.4, 0.5) is 5.69 Å². The Labute approximate surface area is 114 Å². The fourth-order valence-corrected chi connectivity index (χ4v) is 1.63. The van der Waals surface area contributed by atoms with Gasteiger partial charge in [0.25, 0.3) is 5.91 Å². The maximum absolute atomic E-state index is 11.8. The fourth-order valence-electron chi connectivity index (χ4n) is 1.29. The van der Waals surface area contributed by atoms with Crippen LogP contribution in [0.3, 0.4) is 0 Å². The predicted molar refractivity (Wildman–Crippen MR) is 71.8 cm³/mol. The number of aromatic nitrogens is 1. The molecule has 0 saturated heterocycles. The second kappa shape index (κ2) is 5.71. The van der Waals surface area contributed by atoms with Gasteiger partial charge >= 0.3 is 0 Å². The van der Waals surface area contributed by atoms with Gasteiger partial charge in [0.1, 0.15) is 10.8 Å². The normalized spacial score (nSPS) is 9.89. The standard InChI is InChI=1S/C12H9Cl2N3O/c13-9-6-7-10(14)15-11(9)12(18)17-16-8-4-2-1-3-5-8/h1-7,16H,(H,17,18). The summed E-state index contributed by atoms with van der Waals surface area (Å²) in [7, 11) is 0. The van der Waals surface area contributed by atoms with Gasteiger partial charge in [-0.2, -0.15) is 0 Å². The maximum Gasteiger partial charge on any atom is 0.289 e. The minimum absolute atomic E-state index is 0.0765. The van der Waals surface area contributed by atoms with E-state index >= 15 is 0 Å². The fraction of sp³-hybridized carbons (Fsp3) is 0. The summed E-state index contributed by atoms with van der Waals surface area (Å²) in [6.45, 7) is 0. The molecular formula is C12H9Cl2N3O. The Morgan fingerprint density at radius 2 is 1.78 bits per heavy atom. The molecule has 0 unspecified atom stereocenters. The monoisotopic (exact) mass is 281 g/mol. The lowest BCUT2D eigenvalue weighted by Crippen LogP contribution is -2.30. The minimum atomic E-state index is -0.452. The first-order chi connectivity index (χ1) is 8.66. The Hall–Kier alpha value is -1.78. The molecule has 0 bridgehead atoms. The van der Waals surface area contributed by atoms with Crippen molar-refractivity contribution in [3.63, 3.8) is 0 Å². The van der Waals surface area contributed by atoms with Gasteiger partial charge in [-0.25, -0.2) is 4.98 Å². The molecule has 0 aliphatic heterocycles. The third-order valence-corrected chi connectivity index (χ3v) is 2.64. The van der Waals surface area contributed by atoms with Crippen molar-refractivity contribution in [1.29, 1.82) is 0 Å². The highest BCUT2D eigenvalue weighted by Crippen LogP contribution is 2.16. The van der Waals surface area contributed by atoms with Gasteiger partial charge in [0.2, 0.25) is 0 Å². The Kier molecular flexibility index (Phi) is 4.02. The molecule has 0 spiro atoms.